The van der Waals surface area contributed by atoms with E-state index in [2.05, 4.69) is 9.37 Å². The van der Waals surface area contributed by atoms with Gasteiger partial charge in [0.1, 0.15) is 24.4 Å². The highest BCUT2D eigenvalue weighted by molar-refractivity contribution is 7.95. The van der Waals surface area contributed by atoms with Gasteiger partial charge in [0.2, 0.25) is 0 Å². The summed E-state index contributed by atoms with van der Waals surface area (Å²) in [4.78, 5) is 12.2. The molecule has 0 aliphatic heterocycles. The van der Waals surface area contributed by atoms with Crippen LogP contribution in [0.2, 0.25) is 0 Å². The van der Waals surface area contributed by atoms with Gasteiger partial charge in [-0.15, -0.1) is 4.33 Å². The molecule has 0 amide bonds. The first-order chi connectivity index (χ1) is 10.00. The van der Waals surface area contributed by atoms with Crippen molar-refractivity contribution in [3.05, 3.63) is 0 Å². The number of ether oxygens (including phenoxy) is 1. The molecule has 1 N–H and O–H groups in total. The summed E-state index contributed by atoms with van der Waals surface area (Å²) in [6.07, 6.45) is 3.91. The monoisotopic (exact) mass is 324 g/mol. The summed E-state index contributed by atoms with van der Waals surface area (Å²) in [7, 11) is 0. The fourth-order valence-electron chi connectivity index (χ4n) is 4.41. The molecule has 4 rings (SSSR count). The molecule has 120 valence electrons. The molecule has 0 aromatic rings. The topological polar surface area (TPSA) is 65.0 Å². The Morgan fingerprint density at radius 1 is 1.29 bits per heavy atom. The predicted octanol–water partition coefficient (Wildman–Crippen LogP) is 2.92. The van der Waals surface area contributed by atoms with E-state index in [4.69, 9.17) is 9.99 Å². The van der Waals surface area contributed by atoms with Gasteiger partial charge in [0, 0.05) is 11.8 Å². The molecular formula is C13H18F2O5S. The van der Waals surface area contributed by atoms with Gasteiger partial charge >= 0.3 is 5.25 Å². The predicted molar refractivity (Wildman–Crippen MR) is 69.1 cm³/mol. The lowest BCUT2D eigenvalue weighted by Gasteiger charge is -2.53. The molecule has 5 atom stereocenters. The highest BCUT2D eigenvalue weighted by atomic mass is 32.2. The van der Waals surface area contributed by atoms with Crippen LogP contribution in [0.15, 0.2) is 0 Å². The average Bonchev–Trinajstić information content (AvgIpc) is 2.44. The van der Waals surface area contributed by atoms with Crippen LogP contribution in [0.5, 0.6) is 0 Å². The lowest BCUT2D eigenvalue weighted by Crippen LogP contribution is -2.52. The van der Waals surface area contributed by atoms with Crippen LogP contribution in [-0.4, -0.2) is 29.5 Å². The Morgan fingerprint density at radius 2 is 2.10 bits per heavy atom. The fourth-order valence-corrected chi connectivity index (χ4v) is 4.67. The Morgan fingerprint density at radius 3 is 2.86 bits per heavy atom. The first-order valence-electron chi connectivity index (χ1n) is 7.15. The van der Waals surface area contributed by atoms with Crippen LogP contribution in [0.1, 0.15) is 25.7 Å². The number of halogens is 2. The van der Waals surface area contributed by atoms with Gasteiger partial charge in [-0.2, -0.15) is 8.78 Å². The van der Waals surface area contributed by atoms with Gasteiger partial charge in [-0.3, -0.25) is 4.79 Å². The molecule has 5 unspecified atom stereocenters. The Bertz CT molecular complexity index is 408. The lowest BCUT2D eigenvalue weighted by atomic mass is 9.51. The van der Waals surface area contributed by atoms with Gasteiger partial charge in [0.05, 0.1) is 6.61 Å². The van der Waals surface area contributed by atoms with E-state index in [0.717, 1.165) is 25.7 Å². The number of alkyl halides is 2. The molecule has 4 fully saturated rings. The SMILES string of the molecule is O=C1C2CC3CC(C2)C(COCC(F)(F)SOOO)C1C3. The van der Waals surface area contributed by atoms with Crippen LogP contribution in [0.4, 0.5) is 8.78 Å². The highest BCUT2D eigenvalue weighted by Gasteiger charge is 2.53. The average molecular weight is 324 g/mol. The van der Waals surface area contributed by atoms with Crippen molar-refractivity contribution in [2.45, 2.75) is 30.9 Å². The normalized spacial score (nSPS) is 38.2. The van der Waals surface area contributed by atoms with E-state index in [1.54, 1.807) is 0 Å². The van der Waals surface area contributed by atoms with Crippen molar-refractivity contribution >= 4 is 17.8 Å². The molecule has 0 saturated heterocycles. The van der Waals surface area contributed by atoms with E-state index in [1.807, 2.05) is 0 Å². The lowest BCUT2D eigenvalue weighted by molar-refractivity contribution is -0.433. The highest BCUT2D eigenvalue weighted by Crippen LogP contribution is 2.54. The van der Waals surface area contributed by atoms with E-state index in [0.29, 0.717) is 17.6 Å². The molecule has 8 heteroatoms. The Balaban J connectivity index is 1.51. The number of hydrogen-bond acceptors (Lipinski definition) is 6. The largest absolute Gasteiger partial charge is 0.374 e. The third-order valence-corrected chi connectivity index (χ3v) is 5.58. The van der Waals surface area contributed by atoms with Crippen LogP contribution in [0, 0.1) is 29.6 Å². The van der Waals surface area contributed by atoms with E-state index >= 15 is 0 Å². The second kappa shape index (κ2) is 6.08. The fraction of sp³-hybridized carbons (Fsp3) is 0.923. The maximum atomic E-state index is 13.3. The quantitative estimate of drug-likeness (QED) is 0.441. The standard InChI is InChI=1S/C13H18F2O5S/c14-13(15,21-20-19-17)6-18-5-11-8-1-7-2-9(4-8)12(16)10(11)3-7/h7-11,17H,1-6H2. The molecule has 0 spiro atoms. The minimum Gasteiger partial charge on any atom is -0.374 e. The molecule has 4 saturated carbocycles. The third kappa shape index (κ3) is 3.24. The van der Waals surface area contributed by atoms with Gasteiger partial charge < -0.3 is 4.74 Å². The summed E-state index contributed by atoms with van der Waals surface area (Å²) in [5, 5.41) is 7.71. The van der Waals surface area contributed by atoms with Crippen molar-refractivity contribution in [3.63, 3.8) is 0 Å². The van der Waals surface area contributed by atoms with Crippen LogP contribution in [-0.2, 0) is 18.9 Å². The number of hydrogen-bond donors (Lipinski definition) is 1. The Hall–Kier alpha value is -0.280. The van der Waals surface area contributed by atoms with Crippen molar-refractivity contribution in [1.29, 1.82) is 0 Å². The molecule has 5 nitrogen and oxygen atoms in total. The Labute approximate surface area is 125 Å². The number of rotatable bonds is 7. The maximum absolute atomic E-state index is 13.3. The number of carbonyl (C=O) groups is 1. The summed E-state index contributed by atoms with van der Waals surface area (Å²) < 4.78 is 35.4. The van der Waals surface area contributed by atoms with Crippen LogP contribution < -0.4 is 0 Å². The van der Waals surface area contributed by atoms with Crippen LogP contribution in [0.25, 0.3) is 0 Å². The van der Waals surface area contributed by atoms with Crippen molar-refractivity contribution in [2.75, 3.05) is 13.2 Å². The molecule has 4 aliphatic rings. The summed E-state index contributed by atoms with van der Waals surface area (Å²) in [6.45, 7) is -0.658. The smallest absolute Gasteiger partial charge is 0.343 e. The van der Waals surface area contributed by atoms with Gasteiger partial charge in [-0.1, -0.05) is 5.04 Å². The summed E-state index contributed by atoms with van der Waals surface area (Å²) in [5.74, 6) is 1.66. The van der Waals surface area contributed by atoms with E-state index in [9.17, 15) is 13.6 Å². The molecule has 0 heterocycles. The van der Waals surface area contributed by atoms with Gasteiger partial charge in [-0.05, 0) is 43.4 Å². The van der Waals surface area contributed by atoms with Crippen molar-refractivity contribution in [3.8, 4) is 0 Å². The van der Waals surface area contributed by atoms with Crippen molar-refractivity contribution in [2.24, 2.45) is 29.6 Å². The third-order valence-electron chi connectivity index (χ3n) is 5.09. The number of carbonyl (C=O) groups excluding carboxylic acids is 1. The zero-order valence-electron chi connectivity index (χ0n) is 11.4. The minimum absolute atomic E-state index is 0.000416. The second-order valence-electron chi connectivity index (χ2n) is 6.32. The van der Waals surface area contributed by atoms with Gasteiger partial charge in [0.25, 0.3) is 0 Å². The summed E-state index contributed by atoms with van der Waals surface area (Å²) in [5.41, 5.74) is 0. The van der Waals surface area contributed by atoms with Gasteiger partial charge in [-0.25, -0.2) is 5.26 Å². The molecule has 0 radical (unpaired) electrons. The molecule has 0 aromatic heterocycles. The molecular weight excluding hydrogens is 306 g/mol. The Kier molecular flexibility index (Phi) is 4.52. The summed E-state index contributed by atoms with van der Waals surface area (Å²) in [6, 6.07) is 0. The van der Waals surface area contributed by atoms with Crippen molar-refractivity contribution in [1.82, 2.24) is 0 Å². The maximum Gasteiger partial charge on any atom is 0.343 e. The van der Waals surface area contributed by atoms with E-state index < -0.39 is 11.9 Å². The minimum atomic E-state index is -3.31. The first kappa shape index (κ1) is 15.6. The van der Waals surface area contributed by atoms with Crippen LogP contribution >= 0.6 is 12.0 Å². The second-order valence-corrected chi connectivity index (χ2v) is 7.22. The number of ketones is 1. The van der Waals surface area contributed by atoms with Crippen LogP contribution in [0.3, 0.4) is 0 Å². The van der Waals surface area contributed by atoms with Gasteiger partial charge in [0.15, 0.2) is 0 Å². The summed E-state index contributed by atoms with van der Waals surface area (Å²) >= 11 is -0.303. The molecule has 4 bridgehead atoms. The zero-order valence-corrected chi connectivity index (χ0v) is 12.2. The number of Topliss-reactive ketones (excluding diaryl/α,β-unsaturated/α-hetero) is 1. The zero-order chi connectivity index (χ0) is 15.0. The van der Waals surface area contributed by atoms with E-state index in [-0.39, 0.29) is 36.4 Å². The van der Waals surface area contributed by atoms with E-state index in [1.165, 1.54) is 0 Å². The molecule has 0 aromatic carbocycles. The molecule has 21 heavy (non-hydrogen) atoms. The molecule has 4 aliphatic carbocycles. The first-order valence-corrected chi connectivity index (χ1v) is 7.89. The van der Waals surface area contributed by atoms with Crippen molar-refractivity contribution < 1.29 is 32.9 Å².